The minimum absolute atomic E-state index is 0.00169. The lowest BCUT2D eigenvalue weighted by molar-refractivity contribution is 0.0673. The van der Waals surface area contributed by atoms with E-state index in [1.165, 1.54) is 4.90 Å². The van der Waals surface area contributed by atoms with Crippen LogP contribution < -0.4 is 5.69 Å². The van der Waals surface area contributed by atoms with Crippen molar-refractivity contribution in [3.63, 3.8) is 0 Å². The van der Waals surface area contributed by atoms with E-state index in [1.54, 1.807) is 22.8 Å². The van der Waals surface area contributed by atoms with Gasteiger partial charge in [-0.15, -0.1) is 0 Å². The lowest BCUT2D eigenvalue weighted by Crippen LogP contribution is -2.37. The Morgan fingerprint density at radius 1 is 1.32 bits per heavy atom. The molecule has 2 aliphatic rings. The zero-order valence-electron chi connectivity index (χ0n) is 13.9. The van der Waals surface area contributed by atoms with Crippen LogP contribution in [0.3, 0.4) is 0 Å². The highest BCUT2D eigenvalue weighted by Gasteiger charge is 2.35. The van der Waals surface area contributed by atoms with E-state index in [1.807, 2.05) is 0 Å². The van der Waals surface area contributed by atoms with Crippen LogP contribution in [0.5, 0.6) is 0 Å². The van der Waals surface area contributed by atoms with E-state index in [0.717, 1.165) is 31.2 Å². The number of nitrogens with one attached hydrogen (secondary N) is 1. The standard InChI is InChI=1S/C18H22FN3O3/c19-12-8-14(10-23)21(9-12)17(24)11-5-6-16-15(7-11)20-18(25)22(16)13-3-1-2-4-13/h5-7,12-14,23H,1-4,8-10H2,(H,20,25)/t12-,14-/m0/s1. The monoisotopic (exact) mass is 347 g/mol. The molecule has 134 valence electrons. The number of carbonyl (C=O) groups is 1. The van der Waals surface area contributed by atoms with Crippen LogP contribution in [0.15, 0.2) is 23.0 Å². The topological polar surface area (TPSA) is 78.3 Å². The highest BCUT2D eigenvalue weighted by molar-refractivity contribution is 5.97. The van der Waals surface area contributed by atoms with Gasteiger partial charge in [-0.1, -0.05) is 12.8 Å². The number of rotatable bonds is 3. The lowest BCUT2D eigenvalue weighted by atomic mass is 10.1. The predicted molar refractivity (Wildman–Crippen MR) is 91.5 cm³/mol. The summed E-state index contributed by atoms with van der Waals surface area (Å²) >= 11 is 0. The number of alkyl halides is 1. The number of aromatic nitrogens is 2. The molecule has 6 nitrogen and oxygen atoms in total. The number of nitrogens with zero attached hydrogens (tertiary/aromatic N) is 2. The maximum absolute atomic E-state index is 13.6. The van der Waals surface area contributed by atoms with Crippen molar-refractivity contribution in [1.82, 2.24) is 14.5 Å². The highest BCUT2D eigenvalue weighted by atomic mass is 19.1. The van der Waals surface area contributed by atoms with Crippen LogP contribution in [0, 0.1) is 0 Å². The van der Waals surface area contributed by atoms with E-state index < -0.39 is 12.2 Å². The minimum Gasteiger partial charge on any atom is -0.394 e. The van der Waals surface area contributed by atoms with Gasteiger partial charge in [-0.2, -0.15) is 0 Å². The Hall–Kier alpha value is -2.15. The molecule has 1 aliphatic carbocycles. The molecule has 1 aromatic carbocycles. The van der Waals surface area contributed by atoms with Gasteiger partial charge in [0.15, 0.2) is 0 Å². The molecule has 2 atom stereocenters. The Morgan fingerprint density at radius 3 is 2.80 bits per heavy atom. The van der Waals surface area contributed by atoms with Gasteiger partial charge in [0.1, 0.15) is 6.17 Å². The van der Waals surface area contributed by atoms with E-state index in [2.05, 4.69) is 4.98 Å². The van der Waals surface area contributed by atoms with Gasteiger partial charge in [-0.3, -0.25) is 9.36 Å². The molecule has 2 heterocycles. The van der Waals surface area contributed by atoms with E-state index in [4.69, 9.17) is 0 Å². The van der Waals surface area contributed by atoms with Gasteiger partial charge in [0.2, 0.25) is 0 Å². The summed E-state index contributed by atoms with van der Waals surface area (Å²) in [4.78, 5) is 29.3. The molecule has 2 aromatic rings. The molecular weight excluding hydrogens is 325 g/mol. The van der Waals surface area contributed by atoms with E-state index in [-0.39, 0.29) is 37.2 Å². The Morgan fingerprint density at radius 2 is 2.08 bits per heavy atom. The number of hydrogen-bond acceptors (Lipinski definition) is 3. The number of hydrogen-bond donors (Lipinski definition) is 2. The SMILES string of the molecule is O=C(c1ccc2c(c1)[nH]c(=O)n2C1CCCC1)N1C[C@@H](F)C[C@H]1CO. The summed E-state index contributed by atoms with van der Waals surface area (Å²) < 4.78 is 15.4. The molecule has 0 radical (unpaired) electrons. The summed E-state index contributed by atoms with van der Waals surface area (Å²) in [6.45, 7) is -0.245. The first kappa shape index (κ1) is 16.3. The number of aromatic amines is 1. The van der Waals surface area contributed by atoms with Gasteiger partial charge < -0.3 is 15.0 Å². The molecule has 1 amide bonds. The number of aliphatic hydroxyl groups is 1. The van der Waals surface area contributed by atoms with Crippen molar-refractivity contribution < 1.29 is 14.3 Å². The minimum atomic E-state index is -1.10. The van der Waals surface area contributed by atoms with Gasteiger partial charge in [0.25, 0.3) is 5.91 Å². The molecule has 2 N–H and O–H groups in total. The van der Waals surface area contributed by atoms with Crippen molar-refractivity contribution in [3.05, 3.63) is 34.2 Å². The number of benzene rings is 1. The molecule has 0 bridgehead atoms. The van der Waals surface area contributed by atoms with Crippen molar-refractivity contribution in [2.75, 3.05) is 13.2 Å². The normalized spacial score (nSPS) is 24.5. The van der Waals surface area contributed by atoms with Gasteiger partial charge in [-0.25, -0.2) is 9.18 Å². The smallest absolute Gasteiger partial charge is 0.326 e. The summed E-state index contributed by atoms with van der Waals surface area (Å²) in [6, 6.07) is 4.86. The third kappa shape index (κ3) is 2.76. The first-order valence-corrected chi connectivity index (χ1v) is 8.88. The van der Waals surface area contributed by atoms with Crippen molar-refractivity contribution >= 4 is 16.9 Å². The molecule has 2 fully saturated rings. The number of H-pyrrole nitrogens is 1. The van der Waals surface area contributed by atoms with Crippen LogP contribution in [0.25, 0.3) is 11.0 Å². The van der Waals surface area contributed by atoms with Crippen LogP contribution in [-0.2, 0) is 0 Å². The molecule has 1 saturated heterocycles. The fraction of sp³-hybridized carbons (Fsp3) is 0.556. The average molecular weight is 347 g/mol. The Labute approximate surface area is 144 Å². The zero-order valence-corrected chi connectivity index (χ0v) is 13.9. The second kappa shape index (κ2) is 6.29. The predicted octanol–water partition coefficient (Wildman–Crippen LogP) is 1.99. The third-order valence-electron chi connectivity index (χ3n) is 5.49. The summed E-state index contributed by atoms with van der Waals surface area (Å²) in [6.07, 6.45) is 3.31. The molecular formula is C18H22FN3O3. The van der Waals surface area contributed by atoms with E-state index in [9.17, 15) is 19.1 Å². The number of carbonyl (C=O) groups excluding carboxylic acids is 1. The Bertz CT molecular complexity index is 853. The maximum Gasteiger partial charge on any atom is 0.326 e. The van der Waals surface area contributed by atoms with Crippen molar-refractivity contribution in [2.24, 2.45) is 0 Å². The van der Waals surface area contributed by atoms with Gasteiger partial charge in [0, 0.05) is 18.0 Å². The van der Waals surface area contributed by atoms with Crippen LogP contribution >= 0.6 is 0 Å². The fourth-order valence-corrected chi connectivity index (χ4v) is 4.24. The average Bonchev–Trinajstić information content (AvgIpc) is 3.30. The molecule has 0 unspecified atom stereocenters. The number of halogens is 1. The summed E-state index contributed by atoms with van der Waals surface area (Å²) in [5.41, 5.74) is 1.68. The molecule has 4 rings (SSSR count). The summed E-state index contributed by atoms with van der Waals surface area (Å²) in [7, 11) is 0. The first-order chi connectivity index (χ1) is 12.1. The van der Waals surface area contributed by atoms with Gasteiger partial charge in [-0.05, 0) is 31.0 Å². The first-order valence-electron chi connectivity index (χ1n) is 8.88. The number of amides is 1. The number of aliphatic hydroxyl groups excluding tert-OH is 1. The molecule has 1 aliphatic heterocycles. The van der Waals surface area contributed by atoms with Crippen LogP contribution in [0.1, 0.15) is 48.5 Å². The summed E-state index contributed by atoms with van der Waals surface area (Å²) in [5.74, 6) is -0.310. The third-order valence-corrected chi connectivity index (χ3v) is 5.49. The van der Waals surface area contributed by atoms with Crippen LogP contribution in [0.4, 0.5) is 4.39 Å². The zero-order chi connectivity index (χ0) is 17.6. The van der Waals surface area contributed by atoms with Crippen molar-refractivity contribution in [3.8, 4) is 0 Å². The van der Waals surface area contributed by atoms with Gasteiger partial charge in [0.05, 0.1) is 30.2 Å². The van der Waals surface area contributed by atoms with Crippen molar-refractivity contribution in [1.29, 1.82) is 0 Å². The molecule has 1 saturated carbocycles. The Kier molecular flexibility index (Phi) is 4.11. The van der Waals surface area contributed by atoms with Crippen LogP contribution in [0.2, 0.25) is 0 Å². The molecule has 25 heavy (non-hydrogen) atoms. The highest BCUT2D eigenvalue weighted by Crippen LogP contribution is 2.31. The molecule has 0 spiro atoms. The summed E-state index contributed by atoms with van der Waals surface area (Å²) in [5, 5.41) is 9.37. The van der Waals surface area contributed by atoms with Crippen molar-refractivity contribution in [2.45, 2.75) is 50.4 Å². The van der Waals surface area contributed by atoms with E-state index >= 15 is 0 Å². The fourth-order valence-electron chi connectivity index (χ4n) is 4.24. The Balaban J connectivity index is 1.68. The number of likely N-dealkylation sites (tertiary alicyclic amines) is 1. The quantitative estimate of drug-likeness (QED) is 0.891. The molecule has 7 heteroatoms. The lowest BCUT2D eigenvalue weighted by Gasteiger charge is -2.22. The second-order valence-electron chi connectivity index (χ2n) is 7.10. The second-order valence-corrected chi connectivity index (χ2v) is 7.10. The van der Waals surface area contributed by atoms with E-state index in [0.29, 0.717) is 11.1 Å². The van der Waals surface area contributed by atoms with Gasteiger partial charge >= 0.3 is 5.69 Å². The van der Waals surface area contributed by atoms with Crippen LogP contribution in [-0.4, -0.2) is 50.8 Å². The maximum atomic E-state index is 13.6. The number of fused-ring (bicyclic) bond motifs is 1. The molecule has 1 aromatic heterocycles. The largest absolute Gasteiger partial charge is 0.394 e. The number of imidazole rings is 1.